The molecule has 1 aliphatic rings. The average Bonchev–Trinajstić information content (AvgIpc) is 2.63. The number of carbonyl (C=O) groups is 1. The van der Waals surface area contributed by atoms with E-state index in [0.717, 1.165) is 16.9 Å². The number of fused-ring (bicyclic) bond motifs is 1. The second-order valence-corrected chi connectivity index (χ2v) is 8.46. The van der Waals surface area contributed by atoms with Crippen molar-refractivity contribution >= 4 is 21.6 Å². The van der Waals surface area contributed by atoms with Crippen molar-refractivity contribution in [2.24, 2.45) is 0 Å². The second-order valence-electron chi connectivity index (χ2n) is 6.56. The number of hydrogen-bond donors (Lipinski definition) is 1. The molecule has 1 atom stereocenters. The predicted molar refractivity (Wildman–Crippen MR) is 105 cm³/mol. The zero-order valence-electron chi connectivity index (χ0n) is 15.5. The summed E-state index contributed by atoms with van der Waals surface area (Å²) in [5.74, 6) is 0.690. The maximum atomic E-state index is 12.5. The van der Waals surface area contributed by atoms with Crippen LogP contribution in [0, 0.1) is 0 Å². The first kappa shape index (κ1) is 19.2. The number of sulfonamides is 1. The van der Waals surface area contributed by atoms with E-state index in [9.17, 15) is 13.2 Å². The summed E-state index contributed by atoms with van der Waals surface area (Å²) in [5, 5.41) is 3.04. The van der Waals surface area contributed by atoms with Gasteiger partial charge < -0.3 is 10.1 Å². The van der Waals surface area contributed by atoms with Gasteiger partial charge in [0.25, 0.3) is 0 Å². The standard InChI is InChI=1S/C20H24N2O4S/c1-3-26-16-10-8-15(9-11-16)14-20(23)21-18-12-13-22(27(2,24)25)19-7-5-4-6-17(18)19/h4-11,18H,3,12-14H2,1-2H3,(H,21,23). The van der Waals surface area contributed by atoms with Crippen LogP contribution in [0.5, 0.6) is 5.75 Å². The molecule has 0 fully saturated rings. The fraction of sp³-hybridized carbons (Fsp3) is 0.350. The van der Waals surface area contributed by atoms with Crippen molar-refractivity contribution in [2.45, 2.75) is 25.8 Å². The molecule has 0 bridgehead atoms. The van der Waals surface area contributed by atoms with Gasteiger partial charge in [-0.3, -0.25) is 9.10 Å². The number of ether oxygens (including phenoxy) is 1. The summed E-state index contributed by atoms with van der Waals surface area (Å²) in [6, 6.07) is 14.6. The summed E-state index contributed by atoms with van der Waals surface area (Å²) in [4.78, 5) is 12.5. The van der Waals surface area contributed by atoms with Crippen LogP contribution in [-0.2, 0) is 21.2 Å². The summed E-state index contributed by atoms with van der Waals surface area (Å²) in [6.45, 7) is 2.88. The Bertz CT molecular complexity index is 910. The van der Waals surface area contributed by atoms with Gasteiger partial charge in [0.1, 0.15) is 5.75 Å². The molecule has 27 heavy (non-hydrogen) atoms. The van der Waals surface area contributed by atoms with Crippen molar-refractivity contribution in [3.63, 3.8) is 0 Å². The summed E-state index contributed by atoms with van der Waals surface area (Å²) < 4.78 is 30.9. The van der Waals surface area contributed by atoms with E-state index in [0.29, 0.717) is 25.3 Å². The van der Waals surface area contributed by atoms with Gasteiger partial charge in [-0.15, -0.1) is 0 Å². The second kappa shape index (κ2) is 8.00. The fourth-order valence-electron chi connectivity index (χ4n) is 3.33. The largest absolute Gasteiger partial charge is 0.494 e. The quantitative estimate of drug-likeness (QED) is 0.825. The molecule has 0 saturated heterocycles. The highest BCUT2D eigenvalue weighted by Crippen LogP contribution is 2.35. The summed E-state index contributed by atoms with van der Waals surface area (Å²) >= 11 is 0. The van der Waals surface area contributed by atoms with Gasteiger partial charge in [-0.05, 0) is 42.7 Å². The summed E-state index contributed by atoms with van der Waals surface area (Å²) in [7, 11) is -3.34. The summed E-state index contributed by atoms with van der Waals surface area (Å²) in [5.41, 5.74) is 2.37. The van der Waals surface area contributed by atoms with Crippen molar-refractivity contribution in [1.82, 2.24) is 5.32 Å². The molecule has 2 aromatic carbocycles. The van der Waals surface area contributed by atoms with Crippen LogP contribution < -0.4 is 14.4 Å². The van der Waals surface area contributed by atoms with E-state index in [4.69, 9.17) is 4.74 Å². The van der Waals surface area contributed by atoms with Crippen LogP contribution in [-0.4, -0.2) is 33.7 Å². The number of para-hydroxylation sites is 1. The SMILES string of the molecule is CCOc1ccc(CC(=O)NC2CCN(S(C)(=O)=O)c3ccccc32)cc1. The monoisotopic (exact) mass is 388 g/mol. The minimum atomic E-state index is -3.34. The smallest absolute Gasteiger partial charge is 0.232 e. The number of nitrogens with one attached hydrogen (secondary N) is 1. The van der Waals surface area contributed by atoms with Crippen LogP contribution in [0.2, 0.25) is 0 Å². The summed E-state index contributed by atoms with van der Waals surface area (Å²) in [6.07, 6.45) is 2.01. The van der Waals surface area contributed by atoms with E-state index >= 15 is 0 Å². The molecular formula is C20H24N2O4S. The molecule has 0 aliphatic carbocycles. The van der Waals surface area contributed by atoms with Crippen molar-refractivity contribution in [3.05, 3.63) is 59.7 Å². The van der Waals surface area contributed by atoms with Gasteiger partial charge in [0.05, 0.1) is 31.0 Å². The Kier molecular flexibility index (Phi) is 5.70. The maximum absolute atomic E-state index is 12.5. The average molecular weight is 388 g/mol. The van der Waals surface area contributed by atoms with Crippen LogP contribution in [0.3, 0.4) is 0 Å². The molecule has 6 nitrogen and oxygen atoms in total. The molecule has 7 heteroatoms. The molecule has 1 aliphatic heterocycles. The molecule has 1 unspecified atom stereocenters. The van der Waals surface area contributed by atoms with Gasteiger partial charge >= 0.3 is 0 Å². The minimum absolute atomic E-state index is 0.0910. The molecule has 144 valence electrons. The number of rotatable bonds is 6. The van der Waals surface area contributed by atoms with Gasteiger partial charge in [0, 0.05) is 6.54 Å². The number of amides is 1. The topological polar surface area (TPSA) is 75.7 Å². The van der Waals surface area contributed by atoms with Crippen molar-refractivity contribution < 1.29 is 17.9 Å². The molecule has 2 aromatic rings. The lowest BCUT2D eigenvalue weighted by atomic mass is 9.97. The number of carbonyl (C=O) groups excluding carboxylic acids is 1. The van der Waals surface area contributed by atoms with Crippen LogP contribution in [0.25, 0.3) is 0 Å². The number of hydrogen-bond acceptors (Lipinski definition) is 4. The Hall–Kier alpha value is -2.54. The Balaban J connectivity index is 1.71. The first-order valence-corrected chi connectivity index (χ1v) is 10.8. The molecule has 0 aromatic heterocycles. The molecule has 0 saturated carbocycles. The Morgan fingerprint density at radius 1 is 1.19 bits per heavy atom. The van der Waals surface area contributed by atoms with Gasteiger partial charge in [-0.25, -0.2) is 8.42 Å². The van der Waals surface area contributed by atoms with Crippen LogP contribution >= 0.6 is 0 Å². The normalized spacial score (nSPS) is 16.5. The van der Waals surface area contributed by atoms with Crippen LogP contribution in [0.1, 0.15) is 30.5 Å². The van der Waals surface area contributed by atoms with Crippen LogP contribution in [0.15, 0.2) is 48.5 Å². The lowest BCUT2D eigenvalue weighted by Gasteiger charge is -2.34. The highest BCUT2D eigenvalue weighted by Gasteiger charge is 2.30. The third kappa shape index (κ3) is 4.60. The molecule has 1 heterocycles. The molecule has 1 N–H and O–H groups in total. The van der Waals surface area contributed by atoms with Gasteiger partial charge in [-0.2, -0.15) is 0 Å². The third-order valence-electron chi connectivity index (χ3n) is 4.54. The highest BCUT2D eigenvalue weighted by atomic mass is 32.2. The van der Waals surface area contributed by atoms with E-state index in [1.807, 2.05) is 43.3 Å². The van der Waals surface area contributed by atoms with Crippen molar-refractivity contribution in [1.29, 1.82) is 0 Å². The Labute approximate surface area is 160 Å². The van der Waals surface area contributed by atoms with E-state index in [1.54, 1.807) is 12.1 Å². The number of anilines is 1. The fourth-order valence-corrected chi connectivity index (χ4v) is 4.29. The van der Waals surface area contributed by atoms with E-state index in [1.165, 1.54) is 10.6 Å². The van der Waals surface area contributed by atoms with Crippen molar-refractivity contribution in [3.8, 4) is 5.75 Å². The van der Waals surface area contributed by atoms with E-state index < -0.39 is 10.0 Å². The van der Waals surface area contributed by atoms with Crippen molar-refractivity contribution in [2.75, 3.05) is 23.7 Å². The van der Waals surface area contributed by atoms with Gasteiger partial charge in [0.15, 0.2) is 0 Å². The lowest BCUT2D eigenvalue weighted by molar-refractivity contribution is -0.121. The molecule has 3 rings (SSSR count). The maximum Gasteiger partial charge on any atom is 0.232 e. The van der Waals surface area contributed by atoms with E-state index in [2.05, 4.69) is 5.32 Å². The van der Waals surface area contributed by atoms with Gasteiger partial charge in [0.2, 0.25) is 15.9 Å². The van der Waals surface area contributed by atoms with Gasteiger partial charge in [-0.1, -0.05) is 30.3 Å². The van der Waals surface area contributed by atoms with Crippen LogP contribution in [0.4, 0.5) is 5.69 Å². The first-order valence-electron chi connectivity index (χ1n) is 8.96. The molecule has 0 radical (unpaired) electrons. The number of benzene rings is 2. The Morgan fingerprint density at radius 2 is 1.89 bits per heavy atom. The zero-order chi connectivity index (χ0) is 19.4. The molecule has 0 spiro atoms. The predicted octanol–water partition coefficient (Wildman–Crippen LogP) is 2.66. The molecule has 1 amide bonds. The Morgan fingerprint density at radius 3 is 2.56 bits per heavy atom. The zero-order valence-corrected chi connectivity index (χ0v) is 16.3. The lowest BCUT2D eigenvalue weighted by Crippen LogP contribution is -2.40. The minimum Gasteiger partial charge on any atom is -0.494 e. The third-order valence-corrected chi connectivity index (χ3v) is 5.72. The highest BCUT2D eigenvalue weighted by molar-refractivity contribution is 7.92. The number of nitrogens with zero attached hydrogens (tertiary/aromatic N) is 1. The molecular weight excluding hydrogens is 364 g/mol. The first-order chi connectivity index (χ1) is 12.9. The van der Waals surface area contributed by atoms with E-state index in [-0.39, 0.29) is 18.4 Å².